The Bertz CT molecular complexity index is 761. The first-order valence-corrected chi connectivity index (χ1v) is 8.38. The van der Waals surface area contributed by atoms with Gasteiger partial charge < -0.3 is 5.11 Å². The molecule has 25 heavy (non-hydrogen) atoms. The fourth-order valence-electron chi connectivity index (χ4n) is 3.86. The van der Waals surface area contributed by atoms with Crippen molar-refractivity contribution in [2.75, 3.05) is 20.1 Å². The lowest BCUT2D eigenvalue weighted by atomic mass is 9.71. The van der Waals surface area contributed by atoms with Crippen molar-refractivity contribution < 1.29 is 18.7 Å². The minimum absolute atomic E-state index is 0.0390. The summed E-state index contributed by atoms with van der Waals surface area (Å²) in [5.41, 5.74) is 2.96. The van der Waals surface area contributed by atoms with Crippen LogP contribution >= 0.6 is 0 Å². The number of aryl methyl sites for hydroxylation is 1. The fourth-order valence-corrected chi connectivity index (χ4v) is 3.86. The number of carboxylic acid groups (broad SMARTS) is 1. The first-order valence-electron chi connectivity index (χ1n) is 8.38. The van der Waals surface area contributed by atoms with Crippen molar-refractivity contribution in [3.05, 3.63) is 70.8 Å². The van der Waals surface area contributed by atoms with Gasteiger partial charge in [0.15, 0.2) is 0 Å². The number of hydrogen-bond donors (Lipinski definition) is 1. The highest BCUT2D eigenvalue weighted by molar-refractivity contribution is 5.69. The Hall–Kier alpha value is -2.27. The van der Waals surface area contributed by atoms with E-state index < -0.39 is 5.97 Å². The molecule has 5 heteroatoms. The van der Waals surface area contributed by atoms with Crippen molar-refractivity contribution in [3.63, 3.8) is 0 Å². The predicted molar refractivity (Wildman–Crippen MR) is 91.6 cm³/mol. The average Bonchev–Trinajstić information content (AvgIpc) is 2.55. The van der Waals surface area contributed by atoms with Gasteiger partial charge in [0.2, 0.25) is 0 Å². The lowest BCUT2D eigenvalue weighted by Crippen LogP contribution is -2.35. The number of carboxylic acids is 1. The molecule has 0 fully saturated rings. The number of aliphatic carboxylic acids is 1. The Morgan fingerprint density at radius 2 is 1.84 bits per heavy atom. The normalized spacial score (nSPS) is 19.7. The molecule has 132 valence electrons. The van der Waals surface area contributed by atoms with Crippen molar-refractivity contribution in [1.82, 2.24) is 4.90 Å². The van der Waals surface area contributed by atoms with E-state index in [1.165, 1.54) is 18.2 Å². The number of fused-ring (bicyclic) bond motifs is 1. The van der Waals surface area contributed by atoms with Crippen molar-refractivity contribution in [2.45, 2.75) is 18.8 Å². The maximum Gasteiger partial charge on any atom is 0.317 e. The zero-order valence-electron chi connectivity index (χ0n) is 14.1. The summed E-state index contributed by atoms with van der Waals surface area (Å²) < 4.78 is 27.2. The summed E-state index contributed by atoms with van der Waals surface area (Å²) in [6, 6.07) is 11.2. The molecule has 0 saturated carbocycles. The molecule has 0 spiro atoms. The van der Waals surface area contributed by atoms with Gasteiger partial charge >= 0.3 is 5.97 Å². The van der Waals surface area contributed by atoms with Crippen molar-refractivity contribution in [1.29, 1.82) is 0 Å². The molecule has 2 aromatic carbocycles. The van der Waals surface area contributed by atoms with Crippen molar-refractivity contribution >= 4 is 5.97 Å². The molecule has 0 bridgehead atoms. The SMILES string of the molecule is CN(CC(=O)O)C[C@H]1CCc2ccc(F)cc2[C@H]1c1ccc(F)cc1. The number of rotatable bonds is 5. The third kappa shape index (κ3) is 4.04. The number of benzene rings is 2. The quantitative estimate of drug-likeness (QED) is 0.899. The predicted octanol–water partition coefficient (Wildman–Crippen LogP) is 3.68. The van der Waals surface area contributed by atoms with Gasteiger partial charge in [0, 0.05) is 12.5 Å². The van der Waals surface area contributed by atoms with Crippen LogP contribution in [0.15, 0.2) is 42.5 Å². The van der Waals surface area contributed by atoms with Crippen LogP contribution in [0.4, 0.5) is 8.78 Å². The first-order chi connectivity index (χ1) is 11.9. The maximum absolute atomic E-state index is 13.9. The van der Waals surface area contributed by atoms with Gasteiger partial charge in [-0.05, 0) is 66.8 Å². The van der Waals surface area contributed by atoms with Crippen LogP contribution in [0, 0.1) is 17.6 Å². The summed E-state index contributed by atoms with van der Waals surface area (Å²) in [6.07, 6.45) is 1.71. The molecule has 0 aliphatic heterocycles. The Labute approximate surface area is 145 Å². The van der Waals surface area contributed by atoms with E-state index in [-0.39, 0.29) is 30.0 Å². The van der Waals surface area contributed by atoms with Crippen molar-refractivity contribution in [2.24, 2.45) is 5.92 Å². The zero-order chi connectivity index (χ0) is 18.0. The van der Waals surface area contributed by atoms with E-state index in [4.69, 9.17) is 5.11 Å². The molecular weight excluding hydrogens is 324 g/mol. The topological polar surface area (TPSA) is 40.5 Å². The van der Waals surface area contributed by atoms with Crippen LogP contribution in [-0.4, -0.2) is 36.1 Å². The summed E-state index contributed by atoms with van der Waals surface area (Å²) in [5.74, 6) is -1.40. The third-order valence-electron chi connectivity index (χ3n) is 4.88. The zero-order valence-corrected chi connectivity index (χ0v) is 14.1. The van der Waals surface area contributed by atoms with Gasteiger partial charge in [-0.2, -0.15) is 0 Å². The van der Waals surface area contributed by atoms with Crippen LogP contribution in [0.2, 0.25) is 0 Å². The second-order valence-corrected chi connectivity index (χ2v) is 6.76. The van der Waals surface area contributed by atoms with Crippen LogP contribution < -0.4 is 0 Å². The fraction of sp³-hybridized carbons (Fsp3) is 0.350. The number of likely N-dealkylation sites (N-methyl/N-ethyl adjacent to an activating group) is 1. The minimum Gasteiger partial charge on any atom is -0.480 e. The lowest BCUT2D eigenvalue weighted by Gasteiger charge is -2.36. The van der Waals surface area contributed by atoms with Crippen LogP contribution in [0.1, 0.15) is 29.0 Å². The van der Waals surface area contributed by atoms with E-state index in [9.17, 15) is 13.6 Å². The first kappa shape index (κ1) is 17.5. The molecule has 2 aromatic rings. The Morgan fingerprint density at radius 3 is 2.52 bits per heavy atom. The van der Waals surface area contributed by atoms with Crippen LogP contribution in [0.5, 0.6) is 0 Å². The smallest absolute Gasteiger partial charge is 0.317 e. The molecule has 0 heterocycles. The highest BCUT2D eigenvalue weighted by atomic mass is 19.1. The lowest BCUT2D eigenvalue weighted by molar-refractivity contribution is -0.138. The molecule has 3 rings (SSSR count). The molecule has 0 amide bonds. The molecule has 1 N–H and O–H groups in total. The van der Waals surface area contributed by atoms with Gasteiger partial charge in [-0.15, -0.1) is 0 Å². The summed E-state index contributed by atoms with van der Waals surface area (Å²) in [5, 5.41) is 8.99. The Balaban J connectivity index is 1.97. The van der Waals surface area contributed by atoms with Gasteiger partial charge in [-0.3, -0.25) is 9.69 Å². The summed E-state index contributed by atoms with van der Waals surface area (Å²) in [7, 11) is 1.77. The second kappa shape index (κ2) is 7.31. The molecule has 0 saturated heterocycles. The van der Waals surface area contributed by atoms with Gasteiger partial charge in [0.1, 0.15) is 11.6 Å². The van der Waals surface area contributed by atoms with Crippen LogP contribution in [-0.2, 0) is 11.2 Å². The highest BCUT2D eigenvalue weighted by Crippen LogP contribution is 2.41. The van der Waals surface area contributed by atoms with Crippen LogP contribution in [0.25, 0.3) is 0 Å². The molecule has 0 aromatic heterocycles. The molecule has 3 nitrogen and oxygen atoms in total. The number of nitrogens with zero attached hydrogens (tertiary/aromatic N) is 1. The summed E-state index contributed by atoms with van der Waals surface area (Å²) >= 11 is 0. The Morgan fingerprint density at radius 1 is 1.16 bits per heavy atom. The van der Waals surface area contributed by atoms with E-state index in [0.29, 0.717) is 6.54 Å². The van der Waals surface area contributed by atoms with Crippen molar-refractivity contribution in [3.8, 4) is 0 Å². The number of carbonyl (C=O) groups is 1. The van der Waals surface area contributed by atoms with E-state index in [0.717, 1.165) is 29.5 Å². The van der Waals surface area contributed by atoms with Gasteiger partial charge in [0.25, 0.3) is 0 Å². The van der Waals surface area contributed by atoms with E-state index in [1.54, 1.807) is 30.1 Å². The average molecular weight is 345 g/mol. The minimum atomic E-state index is -0.872. The summed E-state index contributed by atoms with van der Waals surface area (Å²) in [6.45, 7) is 0.549. The van der Waals surface area contributed by atoms with Gasteiger partial charge in [-0.25, -0.2) is 8.78 Å². The molecule has 2 atom stereocenters. The molecule has 0 radical (unpaired) electrons. The highest BCUT2D eigenvalue weighted by Gasteiger charge is 2.32. The maximum atomic E-state index is 13.9. The second-order valence-electron chi connectivity index (χ2n) is 6.76. The monoisotopic (exact) mass is 345 g/mol. The largest absolute Gasteiger partial charge is 0.480 e. The van der Waals surface area contributed by atoms with E-state index >= 15 is 0 Å². The van der Waals surface area contributed by atoms with E-state index in [2.05, 4.69) is 0 Å². The van der Waals surface area contributed by atoms with Crippen LogP contribution in [0.3, 0.4) is 0 Å². The summed E-state index contributed by atoms with van der Waals surface area (Å²) in [4.78, 5) is 12.7. The van der Waals surface area contributed by atoms with Gasteiger partial charge in [-0.1, -0.05) is 18.2 Å². The third-order valence-corrected chi connectivity index (χ3v) is 4.88. The van der Waals surface area contributed by atoms with Gasteiger partial charge in [0.05, 0.1) is 6.54 Å². The number of hydrogen-bond acceptors (Lipinski definition) is 2. The molecule has 1 aliphatic carbocycles. The molecule has 0 unspecified atom stereocenters. The molecule has 1 aliphatic rings. The number of halogens is 2. The Kier molecular flexibility index (Phi) is 5.13. The standard InChI is InChI=1S/C20H21F2NO2/c1-23(12-19(24)25)11-15-3-2-13-4-9-17(22)10-18(13)20(15)14-5-7-16(21)8-6-14/h4-10,15,20H,2-3,11-12H2,1H3,(H,24,25)/t15-,20+/m1/s1. The molecular formula is C20H21F2NO2. The van der Waals surface area contributed by atoms with E-state index in [1.807, 2.05) is 6.07 Å².